The number of nitro groups is 1. The minimum Gasteiger partial charge on any atom is -0.358 e. The molecule has 1 unspecified atom stereocenters. The number of nitrogens with one attached hydrogen (secondary N) is 2. The van der Waals surface area contributed by atoms with E-state index in [1.54, 1.807) is 5.43 Å². The number of carbonyl (C=O) groups is 2. The zero-order chi connectivity index (χ0) is 10.0. The van der Waals surface area contributed by atoms with Crippen molar-refractivity contribution in [2.45, 2.75) is 6.04 Å². The summed E-state index contributed by atoms with van der Waals surface area (Å²) in [5, 5.41) is 22.9. The second-order valence-electron chi connectivity index (χ2n) is 2.07. The van der Waals surface area contributed by atoms with Gasteiger partial charge in [-0.05, 0) is 4.92 Å². The largest absolute Gasteiger partial charge is 0.366 e. The molecule has 0 saturated heterocycles. The van der Waals surface area contributed by atoms with Gasteiger partial charge in [0.05, 0.1) is 0 Å². The number of rotatable bonds is 1. The monoisotopic (exact) mass is 185 g/mol. The van der Waals surface area contributed by atoms with Crippen LogP contribution in [0.15, 0.2) is 10.3 Å². The molecule has 1 rings (SSSR count). The molecule has 0 aromatic carbocycles. The summed E-state index contributed by atoms with van der Waals surface area (Å²) in [7, 11) is 0. The highest BCUT2D eigenvalue weighted by molar-refractivity contribution is 6.42. The van der Waals surface area contributed by atoms with Gasteiger partial charge < -0.3 is 10.1 Å². The van der Waals surface area contributed by atoms with Gasteiger partial charge in [0.2, 0.25) is 6.04 Å². The first-order valence-electron chi connectivity index (χ1n) is 3.01. The predicted octanol–water partition coefficient (Wildman–Crippen LogP) is -1.32. The first-order chi connectivity index (χ1) is 6.04. The van der Waals surface area contributed by atoms with Crippen LogP contribution in [-0.4, -0.2) is 28.5 Å². The lowest BCUT2D eigenvalue weighted by Gasteiger charge is -2.08. The molecule has 13 heavy (non-hydrogen) atoms. The Bertz CT molecular complexity index is 333. The van der Waals surface area contributed by atoms with Gasteiger partial charge in [-0.15, -0.1) is 5.11 Å². The summed E-state index contributed by atoms with van der Waals surface area (Å²) < 4.78 is 0. The van der Waals surface area contributed by atoms with Gasteiger partial charge in [-0.2, -0.15) is 0 Å². The summed E-state index contributed by atoms with van der Waals surface area (Å²) >= 11 is 0. The molecule has 2 N–H and O–H groups in total. The topological polar surface area (TPSA) is 138 Å². The number of nitrogens with zero attached hydrogens (tertiary/aromatic N) is 3. The predicted molar refractivity (Wildman–Crippen MR) is 36.5 cm³/mol. The molecule has 0 saturated carbocycles. The highest BCUT2D eigenvalue weighted by Gasteiger charge is 2.38. The molecule has 1 heterocycles. The molecule has 0 fully saturated rings. The SMILES string of the molecule is N=C(C1N=NNC(=O)C1=O)[N+](=O)[O-]. The second kappa shape index (κ2) is 3.05. The standard InChI is InChI=1S/C4H3N5O4/c5-3(9(12)13)1-2(10)4(11)7-8-6-1/h1,5H,(H,6,7,11). The normalized spacial score (nSPS) is 21.1. The van der Waals surface area contributed by atoms with Crippen molar-refractivity contribution in [1.29, 1.82) is 5.41 Å². The quantitative estimate of drug-likeness (QED) is 0.172. The van der Waals surface area contributed by atoms with Crippen LogP contribution in [0.2, 0.25) is 0 Å². The first kappa shape index (κ1) is 8.90. The number of ketones is 1. The minimum atomic E-state index is -1.72. The van der Waals surface area contributed by atoms with E-state index < -0.39 is 28.5 Å². The van der Waals surface area contributed by atoms with Gasteiger partial charge in [-0.3, -0.25) is 9.59 Å². The van der Waals surface area contributed by atoms with Gasteiger partial charge in [0.15, 0.2) is 0 Å². The minimum absolute atomic E-state index is 1.10. The van der Waals surface area contributed by atoms with Crippen molar-refractivity contribution in [2.24, 2.45) is 10.3 Å². The van der Waals surface area contributed by atoms with Crippen LogP contribution < -0.4 is 5.43 Å². The number of hydrogen-bond donors (Lipinski definition) is 2. The summed E-state index contributed by atoms with van der Waals surface area (Å²) in [4.78, 5) is 30.4. The van der Waals surface area contributed by atoms with Crippen molar-refractivity contribution >= 4 is 17.5 Å². The lowest BCUT2D eigenvalue weighted by molar-refractivity contribution is -0.354. The highest BCUT2D eigenvalue weighted by Crippen LogP contribution is 2.02. The number of carbonyl (C=O) groups excluding carboxylic acids is 2. The van der Waals surface area contributed by atoms with E-state index in [1.165, 1.54) is 0 Å². The maximum Gasteiger partial charge on any atom is 0.366 e. The molecule has 1 amide bonds. The maximum absolute atomic E-state index is 10.9. The Morgan fingerprint density at radius 1 is 1.62 bits per heavy atom. The Labute approximate surface area is 70.5 Å². The molecule has 0 spiro atoms. The molecule has 1 atom stereocenters. The molecule has 1 aliphatic rings. The van der Waals surface area contributed by atoms with Crippen molar-refractivity contribution in [3.8, 4) is 0 Å². The Morgan fingerprint density at radius 2 is 2.23 bits per heavy atom. The van der Waals surface area contributed by atoms with E-state index in [0.29, 0.717) is 0 Å². The third-order valence-electron chi connectivity index (χ3n) is 1.25. The van der Waals surface area contributed by atoms with E-state index in [2.05, 4.69) is 10.3 Å². The van der Waals surface area contributed by atoms with Crippen LogP contribution in [0, 0.1) is 15.5 Å². The Hall–Kier alpha value is -2.19. The third-order valence-corrected chi connectivity index (χ3v) is 1.25. The molecule has 0 radical (unpaired) electrons. The van der Waals surface area contributed by atoms with Gasteiger partial charge in [0.25, 0.3) is 5.78 Å². The van der Waals surface area contributed by atoms with Crippen LogP contribution in [0.4, 0.5) is 0 Å². The number of hydrogen-bond acceptors (Lipinski definition) is 7. The Balaban J connectivity index is 2.93. The zero-order valence-corrected chi connectivity index (χ0v) is 6.05. The summed E-state index contributed by atoms with van der Waals surface area (Å²) in [5.74, 6) is -3.42. The van der Waals surface area contributed by atoms with E-state index >= 15 is 0 Å². The molecular weight excluding hydrogens is 182 g/mol. The van der Waals surface area contributed by atoms with Gasteiger partial charge in [0, 0.05) is 0 Å². The number of amides is 1. The van der Waals surface area contributed by atoms with Crippen molar-refractivity contribution in [1.82, 2.24) is 5.43 Å². The Morgan fingerprint density at radius 3 is 2.77 bits per heavy atom. The van der Waals surface area contributed by atoms with Gasteiger partial charge in [-0.1, -0.05) is 10.6 Å². The van der Waals surface area contributed by atoms with Crippen LogP contribution >= 0.6 is 0 Å². The van der Waals surface area contributed by atoms with Gasteiger partial charge in [0.1, 0.15) is 0 Å². The molecule has 9 heteroatoms. The maximum atomic E-state index is 10.9. The molecule has 0 aromatic heterocycles. The molecule has 0 aromatic rings. The van der Waals surface area contributed by atoms with Crippen LogP contribution in [-0.2, 0) is 9.59 Å². The average Bonchev–Trinajstić information content (AvgIpc) is 2.08. The van der Waals surface area contributed by atoms with Crippen molar-refractivity contribution in [3.63, 3.8) is 0 Å². The van der Waals surface area contributed by atoms with Gasteiger partial charge in [-0.25, -0.2) is 5.43 Å². The molecule has 0 bridgehead atoms. The molecular formula is C4H3N5O4. The van der Waals surface area contributed by atoms with E-state index in [-0.39, 0.29) is 0 Å². The zero-order valence-electron chi connectivity index (χ0n) is 6.05. The van der Waals surface area contributed by atoms with Crippen LogP contribution in [0.1, 0.15) is 0 Å². The summed E-state index contributed by atoms with van der Waals surface area (Å²) in [6.45, 7) is 0. The van der Waals surface area contributed by atoms with Crippen molar-refractivity contribution in [2.75, 3.05) is 0 Å². The smallest absolute Gasteiger partial charge is 0.358 e. The van der Waals surface area contributed by atoms with E-state index in [1.807, 2.05) is 0 Å². The average molecular weight is 185 g/mol. The third kappa shape index (κ3) is 1.52. The molecule has 68 valence electrons. The lowest BCUT2D eigenvalue weighted by atomic mass is 10.1. The van der Waals surface area contributed by atoms with Crippen LogP contribution in [0.5, 0.6) is 0 Å². The fourth-order valence-corrected chi connectivity index (χ4v) is 0.642. The second-order valence-corrected chi connectivity index (χ2v) is 2.07. The summed E-state index contributed by atoms with van der Waals surface area (Å²) in [6.07, 6.45) is 0. The Kier molecular flexibility index (Phi) is 2.09. The van der Waals surface area contributed by atoms with Crippen LogP contribution in [0.3, 0.4) is 0 Å². The van der Waals surface area contributed by atoms with E-state index in [4.69, 9.17) is 5.41 Å². The first-order valence-corrected chi connectivity index (χ1v) is 3.01. The molecule has 9 nitrogen and oxygen atoms in total. The van der Waals surface area contributed by atoms with E-state index in [0.717, 1.165) is 0 Å². The molecule has 0 aliphatic carbocycles. The van der Waals surface area contributed by atoms with E-state index in [9.17, 15) is 19.7 Å². The molecule has 1 aliphatic heterocycles. The lowest BCUT2D eigenvalue weighted by Crippen LogP contribution is -2.44. The van der Waals surface area contributed by atoms with Crippen molar-refractivity contribution < 1.29 is 14.5 Å². The number of amidine groups is 1. The summed E-state index contributed by atoms with van der Waals surface area (Å²) in [5.41, 5.74) is 1.71. The number of Topliss-reactive ketones (excluding diaryl/α,β-unsaturated/α-hetero) is 1. The highest BCUT2D eigenvalue weighted by atomic mass is 16.6. The van der Waals surface area contributed by atoms with Gasteiger partial charge >= 0.3 is 11.7 Å². The fourth-order valence-electron chi connectivity index (χ4n) is 0.642. The summed E-state index contributed by atoms with van der Waals surface area (Å²) in [6, 6.07) is -1.72. The van der Waals surface area contributed by atoms with Crippen LogP contribution in [0.25, 0.3) is 0 Å². The fraction of sp³-hybridized carbons (Fsp3) is 0.250. The van der Waals surface area contributed by atoms with Crippen molar-refractivity contribution in [3.05, 3.63) is 10.1 Å².